The molecule has 0 bridgehead atoms. The van der Waals surface area contributed by atoms with Crippen molar-refractivity contribution in [1.29, 1.82) is 0 Å². The summed E-state index contributed by atoms with van der Waals surface area (Å²) in [6, 6.07) is 17.3. The average Bonchev–Trinajstić information content (AvgIpc) is 3.22. The molecule has 7 heteroatoms. The van der Waals surface area contributed by atoms with E-state index in [2.05, 4.69) is 15.3 Å². The molecule has 0 saturated heterocycles. The summed E-state index contributed by atoms with van der Waals surface area (Å²) >= 11 is 5.35. The third-order valence-corrected chi connectivity index (χ3v) is 4.52. The minimum Gasteiger partial charge on any atom is -0.336 e. The van der Waals surface area contributed by atoms with Gasteiger partial charge in [0, 0.05) is 18.4 Å². The van der Waals surface area contributed by atoms with Crippen molar-refractivity contribution in [3.8, 4) is 5.69 Å². The number of aromatic nitrogens is 4. The summed E-state index contributed by atoms with van der Waals surface area (Å²) in [7, 11) is 0. The second-order valence-electron chi connectivity index (χ2n) is 5.77. The van der Waals surface area contributed by atoms with E-state index in [4.69, 9.17) is 12.2 Å². The van der Waals surface area contributed by atoms with Crippen LogP contribution in [0.5, 0.6) is 0 Å². The summed E-state index contributed by atoms with van der Waals surface area (Å²) < 4.78 is 4.15. The molecular weight excluding hydrogens is 346 g/mol. The van der Waals surface area contributed by atoms with Gasteiger partial charge in [0.05, 0.1) is 11.0 Å². The Labute approximate surface area is 155 Å². The van der Waals surface area contributed by atoms with E-state index < -0.39 is 0 Å². The highest BCUT2D eigenvalue weighted by Crippen LogP contribution is 2.20. The van der Waals surface area contributed by atoms with Crippen molar-refractivity contribution in [1.82, 2.24) is 19.1 Å². The number of rotatable bonds is 4. The number of H-pyrrole nitrogens is 1. The maximum absolute atomic E-state index is 12.9. The van der Waals surface area contributed by atoms with Crippen LogP contribution in [0.25, 0.3) is 16.7 Å². The fourth-order valence-corrected chi connectivity index (χ4v) is 3.29. The van der Waals surface area contributed by atoms with E-state index in [1.807, 2.05) is 66.1 Å². The number of hydrogen-bond acceptors (Lipinski definition) is 3. The second kappa shape index (κ2) is 6.61. The summed E-state index contributed by atoms with van der Waals surface area (Å²) in [6.45, 7) is 2.72. The van der Waals surface area contributed by atoms with Crippen molar-refractivity contribution < 1.29 is 4.79 Å². The maximum Gasteiger partial charge on any atom is 0.276 e. The number of carbonyl (C=O) groups is 1. The minimum atomic E-state index is -0.272. The number of aromatic amines is 1. The zero-order chi connectivity index (χ0) is 18.1. The van der Waals surface area contributed by atoms with E-state index in [1.165, 1.54) is 0 Å². The summed E-state index contributed by atoms with van der Waals surface area (Å²) in [5.41, 5.74) is 3.08. The largest absolute Gasteiger partial charge is 0.336 e. The van der Waals surface area contributed by atoms with Crippen LogP contribution in [-0.2, 0) is 6.54 Å². The van der Waals surface area contributed by atoms with Gasteiger partial charge >= 0.3 is 0 Å². The number of para-hydroxylation sites is 3. The fourth-order valence-electron chi connectivity index (χ4n) is 3.03. The first-order chi connectivity index (χ1) is 12.7. The number of nitrogens with zero attached hydrogens (tertiary/aromatic N) is 3. The van der Waals surface area contributed by atoms with Gasteiger partial charge < -0.3 is 9.55 Å². The quantitative estimate of drug-likeness (QED) is 0.535. The molecule has 0 spiro atoms. The van der Waals surface area contributed by atoms with E-state index in [0.717, 1.165) is 16.7 Å². The molecule has 4 aromatic rings. The molecule has 6 nitrogen and oxygen atoms in total. The molecule has 0 atom stereocenters. The number of aryl methyl sites for hydroxylation is 1. The monoisotopic (exact) mass is 363 g/mol. The number of carbonyl (C=O) groups excluding carboxylic acids is 1. The third kappa shape index (κ3) is 2.72. The molecule has 0 aliphatic heterocycles. The van der Waals surface area contributed by atoms with E-state index in [-0.39, 0.29) is 5.91 Å². The fraction of sp³-hybridized carbons (Fsp3) is 0.105. The lowest BCUT2D eigenvalue weighted by atomic mass is 10.3. The van der Waals surface area contributed by atoms with Crippen LogP contribution in [0, 0.1) is 4.77 Å². The Bertz CT molecular complexity index is 1140. The van der Waals surface area contributed by atoms with Crippen LogP contribution in [0.3, 0.4) is 0 Å². The van der Waals surface area contributed by atoms with Gasteiger partial charge in [-0.1, -0.05) is 30.3 Å². The van der Waals surface area contributed by atoms with Crippen LogP contribution in [0.1, 0.15) is 17.4 Å². The average molecular weight is 363 g/mol. The zero-order valence-electron chi connectivity index (χ0n) is 14.1. The Hall–Kier alpha value is -3.19. The zero-order valence-corrected chi connectivity index (χ0v) is 15.0. The van der Waals surface area contributed by atoms with Crippen molar-refractivity contribution in [2.45, 2.75) is 13.5 Å². The van der Waals surface area contributed by atoms with E-state index in [0.29, 0.717) is 23.0 Å². The molecule has 2 heterocycles. The van der Waals surface area contributed by atoms with Gasteiger partial charge in [-0.15, -0.1) is 0 Å². The van der Waals surface area contributed by atoms with Gasteiger partial charge in [0.15, 0.2) is 4.77 Å². The molecule has 26 heavy (non-hydrogen) atoms. The van der Waals surface area contributed by atoms with Gasteiger partial charge in [-0.2, -0.15) is 0 Å². The number of amides is 1. The first kappa shape index (κ1) is 16.3. The van der Waals surface area contributed by atoms with Crippen molar-refractivity contribution in [3.63, 3.8) is 0 Å². The number of nitrogens with one attached hydrogen (secondary N) is 2. The Morgan fingerprint density at radius 1 is 1.15 bits per heavy atom. The highest BCUT2D eigenvalue weighted by Gasteiger charge is 2.18. The predicted octanol–water partition coefficient (Wildman–Crippen LogP) is 4.16. The van der Waals surface area contributed by atoms with Crippen molar-refractivity contribution in [2.75, 3.05) is 5.32 Å². The topological polar surface area (TPSA) is 67.6 Å². The molecular formula is C19H17N5OS. The van der Waals surface area contributed by atoms with Gasteiger partial charge in [0.25, 0.3) is 5.91 Å². The van der Waals surface area contributed by atoms with E-state index >= 15 is 0 Å². The molecule has 1 amide bonds. The van der Waals surface area contributed by atoms with Gasteiger partial charge in [-0.25, -0.2) is 4.98 Å². The van der Waals surface area contributed by atoms with Gasteiger partial charge in [-0.3, -0.25) is 14.7 Å². The van der Waals surface area contributed by atoms with E-state index in [9.17, 15) is 4.79 Å². The summed E-state index contributed by atoms with van der Waals surface area (Å²) in [5, 5.41) is 2.92. The van der Waals surface area contributed by atoms with Crippen molar-refractivity contribution >= 4 is 35.1 Å². The number of fused-ring (bicyclic) bond motifs is 1. The molecule has 2 aromatic carbocycles. The molecule has 2 N–H and O–H groups in total. The molecule has 0 radical (unpaired) electrons. The molecule has 0 unspecified atom stereocenters. The number of anilines is 1. The molecule has 0 fully saturated rings. The minimum absolute atomic E-state index is 0.272. The van der Waals surface area contributed by atoms with Crippen LogP contribution < -0.4 is 5.32 Å². The number of benzene rings is 2. The van der Waals surface area contributed by atoms with Crippen molar-refractivity contribution in [2.24, 2.45) is 0 Å². The van der Waals surface area contributed by atoms with E-state index in [1.54, 1.807) is 10.8 Å². The highest BCUT2D eigenvalue weighted by atomic mass is 32.1. The van der Waals surface area contributed by atoms with Crippen molar-refractivity contribution in [3.05, 3.63) is 71.3 Å². The first-order valence-electron chi connectivity index (χ1n) is 8.31. The Kier molecular flexibility index (Phi) is 4.14. The summed E-state index contributed by atoms with van der Waals surface area (Å²) in [4.78, 5) is 20.4. The molecule has 4 rings (SSSR count). The van der Waals surface area contributed by atoms with Crippen LogP contribution in [-0.4, -0.2) is 25.0 Å². The number of hydrogen-bond donors (Lipinski definition) is 2. The molecule has 0 aliphatic rings. The Balaban J connectivity index is 1.74. The standard InChI is InChI=1S/C19H17N5OS/c1-2-23-15-11-7-6-10-14(15)21-18(23)22-17(25)16-12-20-19(26)24(16)13-8-4-3-5-9-13/h3-12H,2H2,1H3,(H,20,26)(H,21,22,25). The van der Waals surface area contributed by atoms with Gasteiger partial charge in [0.1, 0.15) is 5.69 Å². The molecule has 2 aromatic heterocycles. The predicted molar refractivity (Wildman–Crippen MR) is 104 cm³/mol. The smallest absolute Gasteiger partial charge is 0.276 e. The molecule has 0 aliphatic carbocycles. The Morgan fingerprint density at radius 3 is 2.65 bits per heavy atom. The van der Waals surface area contributed by atoms with Gasteiger partial charge in [0.2, 0.25) is 5.95 Å². The lowest BCUT2D eigenvalue weighted by Crippen LogP contribution is -2.19. The third-order valence-electron chi connectivity index (χ3n) is 4.22. The van der Waals surface area contributed by atoms with Crippen LogP contribution >= 0.6 is 12.2 Å². The molecule has 130 valence electrons. The van der Waals surface area contributed by atoms with Crippen LogP contribution in [0.2, 0.25) is 0 Å². The maximum atomic E-state index is 12.9. The van der Waals surface area contributed by atoms with Gasteiger partial charge in [-0.05, 0) is 43.4 Å². The first-order valence-corrected chi connectivity index (χ1v) is 8.72. The van der Waals surface area contributed by atoms with Crippen LogP contribution in [0.15, 0.2) is 60.8 Å². The highest BCUT2D eigenvalue weighted by molar-refractivity contribution is 7.71. The normalized spacial score (nSPS) is 11.0. The summed E-state index contributed by atoms with van der Waals surface area (Å²) in [5.74, 6) is 0.247. The second-order valence-corrected chi connectivity index (χ2v) is 6.16. The summed E-state index contributed by atoms with van der Waals surface area (Å²) in [6.07, 6.45) is 1.61. The lowest BCUT2D eigenvalue weighted by molar-refractivity contribution is 0.101. The van der Waals surface area contributed by atoms with Crippen LogP contribution in [0.4, 0.5) is 5.95 Å². The Morgan fingerprint density at radius 2 is 1.88 bits per heavy atom. The number of imidazole rings is 2. The lowest BCUT2D eigenvalue weighted by Gasteiger charge is -2.10. The molecule has 0 saturated carbocycles. The SMILES string of the molecule is CCn1c(NC(=O)c2c[nH]c(=S)n2-c2ccccc2)nc2ccccc21.